The molecule has 0 spiro atoms. The summed E-state index contributed by atoms with van der Waals surface area (Å²) >= 11 is 6.79. The number of halogens is 1. The number of hydrogen-bond acceptors (Lipinski definition) is 5. The second-order valence-corrected chi connectivity index (χ2v) is 8.37. The molecule has 7 nitrogen and oxygen atoms in total. The van der Waals surface area contributed by atoms with Crippen LogP contribution < -0.4 is 15.4 Å². The van der Waals surface area contributed by atoms with Gasteiger partial charge in [0.2, 0.25) is 10.0 Å². The van der Waals surface area contributed by atoms with Gasteiger partial charge in [0.25, 0.3) is 0 Å². The molecule has 0 bridgehead atoms. The lowest BCUT2D eigenvalue weighted by Crippen LogP contribution is -2.41. The van der Waals surface area contributed by atoms with Crippen molar-refractivity contribution in [3.05, 3.63) is 40.6 Å². The molecule has 0 aliphatic heterocycles. The second-order valence-electron chi connectivity index (χ2n) is 4.66. The summed E-state index contributed by atoms with van der Waals surface area (Å²) in [5.41, 5.74) is 0. The maximum atomic E-state index is 12.1. The summed E-state index contributed by atoms with van der Waals surface area (Å²) in [5.74, 6) is 1.34. The van der Waals surface area contributed by atoms with E-state index in [2.05, 4.69) is 20.3 Å². The van der Waals surface area contributed by atoms with Crippen molar-refractivity contribution in [1.82, 2.24) is 15.4 Å². The van der Waals surface area contributed by atoms with E-state index in [1.807, 2.05) is 13.0 Å². The number of nitrogens with zero attached hydrogens (tertiary/aromatic N) is 1. The minimum Gasteiger partial charge on any atom is -0.467 e. The van der Waals surface area contributed by atoms with Gasteiger partial charge in [-0.15, -0.1) is 11.3 Å². The number of hydrogen-bond donors (Lipinski definition) is 3. The van der Waals surface area contributed by atoms with Crippen LogP contribution >= 0.6 is 22.9 Å². The summed E-state index contributed by atoms with van der Waals surface area (Å²) in [5, 5.41) is 6.14. The Labute approximate surface area is 150 Å². The molecule has 0 saturated carbocycles. The van der Waals surface area contributed by atoms with E-state index in [9.17, 15) is 8.42 Å². The van der Waals surface area contributed by atoms with Crippen molar-refractivity contribution in [2.45, 2.75) is 17.7 Å². The Morgan fingerprint density at radius 1 is 1.29 bits per heavy atom. The first-order chi connectivity index (χ1) is 11.5. The van der Waals surface area contributed by atoms with Crippen LogP contribution in [-0.4, -0.2) is 34.0 Å². The Bertz CT molecular complexity index is 757. The molecular weight excluding hydrogens is 372 g/mol. The van der Waals surface area contributed by atoms with E-state index in [1.54, 1.807) is 18.4 Å². The largest absolute Gasteiger partial charge is 0.467 e. The van der Waals surface area contributed by atoms with Crippen molar-refractivity contribution in [3.63, 3.8) is 0 Å². The van der Waals surface area contributed by atoms with Gasteiger partial charge >= 0.3 is 0 Å². The van der Waals surface area contributed by atoms with Crippen LogP contribution in [0, 0.1) is 0 Å². The number of nitrogens with one attached hydrogen (secondary N) is 3. The highest BCUT2D eigenvalue weighted by Gasteiger charge is 2.15. The van der Waals surface area contributed by atoms with E-state index in [0.29, 0.717) is 29.9 Å². The average molecular weight is 391 g/mol. The van der Waals surface area contributed by atoms with Crippen LogP contribution in [0.2, 0.25) is 4.34 Å². The third kappa shape index (κ3) is 5.82. The lowest BCUT2D eigenvalue weighted by atomic mass is 10.4. The third-order valence-corrected chi connectivity index (χ3v) is 6.02. The van der Waals surface area contributed by atoms with Crippen LogP contribution in [0.25, 0.3) is 0 Å². The molecule has 0 unspecified atom stereocenters. The SMILES string of the molecule is CCNC(=NCc1ccco1)NCCNS(=O)(=O)c1ccc(Cl)s1. The molecule has 0 aliphatic rings. The number of thiophene rings is 1. The fraction of sp³-hybridized carbons (Fsp3) is 0.357. The van der Waals surface area contributed by atoms with Crippen LogP contribution in [-0.2, 0) is 16.6 Å². The highest BCUT2D eigenvalue weighted by Crippen LogP contribution is 2.25. The summed E-state index contributed by atoms with van der Waals surface area (Å²) in [6.07, 6.45) is 1.59. The number of rotatable bonds is 8. The zero-order chi connectivity index (χ0) is 17.4. The highest BCUT2D eigenvalue weighted by atomic mass is 35.5. The Morgan fingerprint density at radius 3 is 2.75 bits per heavy atom. The molecule has 3 N–H and O–H groups in total. The minimum absolute atomic E-state index is 0.200. The van der Waals surface area contributed by atoms with Crippen LogP contribution in [0.5, 0.6) is 0 Å². The van der Waals surface area contributed by atoms with Gasteiger partial charge in [-0.1, -0.05) is 11.6 Å². The van der Waals surface area contributed by atoms with Gasteiger partial charge in [-0.2, -0.15) is 0 Å². The molecule has 24 heavy (non-hydrogen) atoms. The normalized spacial score (nSPS) is 12.3. The van der Waals surface area contributed by atoms with E-state index in [1.165, 1.54) is 6.07 Å². The van der Waals surface area contributed by atoms with Crippen molar-refractivity contribution in [2.24, 2.45) is 4.99 Å². The van der Waals surface area contributed by atoms with E-state index in [4.69, 9.17) is 16.0 Å². The average Bonchev–Trinajstić information content (AvgIpc) is 3.20. The van der Waals surface area contributed by atoms with Gasteiger partial charge in [-0.25, -0.2) is 18.1 Å². The van der Waals surface area contributed by atoms with Gasteiger partial charge in [0.15, 0.2) is 5.96 Å². The summed E-state index contributed by atoms with van der Waals surface area (Å²) in [6, 6.07) is 6.69. The molecule has 0 radical (unpaired) electrons. The second kappa shape index (κ2) is 9.07. The number of sulfonamides is 1. The van der Waals surface area contributed by atoms with Crippen molar-refractivity contribution < 1.29 is 12.8 Å². The molecule has 0 atom stereocenters. The molecule has 2 aromatic heterocycles. The molecule has 0 aromatic carbocycles. The molecule has 0 aliphatic carbocycles. The van der Waals surface area contributed by atoms with E-state index < -0.39 is 10.0 Å². The van der Waals surface area contributed by atoms with E-state index in [-0.39, 0.29) is 10.8 Å². The quantitative estimate of drug-likeness (QED) is 0.364. The fourth-order valence-electron chi connectivity index (χ4n) is 1.78. The minimum atomic E-state index is -3.53. The predicted octanol–water partition coefficient (Wildman–Crippen LogP) is 2.03. The Hall–Kier alpha value is -1.55. The molecule has 0 amide bonds. The zero-order valence-electron chi connectivity index (χ0n) is 13.1. The number of furan rings is 1. The molecule has 2 aromatic rings. The first-order valence-electron chi connectivity index (χ1n) is 7.31. The maximum absolute atomic E-state index is 12.1. The van der Waals surface area contributed by atoms with Crippen molar-refractivity contribution in [1.29, 1.82) is 0 Å². The van der Waals surface area contributed by atoms with Gasteiger partial charge in [-0.3, -0.25) is 0 Å². The van der Waals surface area contributed by atoms with Crippen LogP contribution in [0.3, 0.4) is 0 Å². The van der Waals surface area contributed by atoms with Gasteiger partial charge in [0.05, 0.1) is 10.6 Å². The summed E-state index contributed by atoms with van der Waals surface area (Å²) < 4.78 is 32.5. The molecule has 2 rings (SSSR count). The van der Waals surface area contributed by atoms with Crippen LogP contribution in [0.4, 0.5) is 0 Å². The zero-order valence-corrected chi connectivity index (χ0v) is 15.5. The Morgan fingerprint density at radius 2 is 2.12 bits per heavy atom. The number of aliphatic imine (C=N–C) groups is 1. The monoisotopic (exact) mass is 390 g/mol. The molecule has 132 valence electrons. The first-order valence-corrected chi connectivity index (χ1v) is 9.98. The molecule has 10 heteroatoms. The first kappa shape index (κ1) is 18.8. The van der Waals surface area contributed by atoms with Gasteiger partial charge in [0, 0.05) is 19.6 Å². The van der Waals surface area contributed by atoms with E-state index >= 15 is 0 Å². The van der Waals surface area contributed by atoms with Gasteiger partial charge in [-0.05, 0) is 31.2 Å². The van der Waals surface area contributed by atoms with Crippen molar-refractivity contribution >= 4 is 38.9 Å². The topological polar surface area (TPSA) is 95.7 Å². The molecule has 0 fully saturated rings. The summed E-state index contributed by atoms with van der Waals surface area (Å²) in [6.45, 7) is 3.67. The highest BCUT2D eigenvalue weighted by molar-refractivity contribution is 7.91. The smallest absolute Gasteiger partial charge is 0.250 e. The fourth-order valence-corrected chi connectivity index (χ4v) is 4.34. The Kier molecular flexibility index (Phi) is 7.10. The lowest BCUT2D eigenvalue weighted by Gasteiger charge is -2.11. The lowest BCUT2D eigenvalue weighted by molar-refractivity contribution is 0.512. The summed E-state index contributed by atoms with van der Waals surface area (Å²) in [7, 11) is -3.53. The van der Waals surface area contributed by atoms with Crippen molar-refractivity contribution in [3.8, 4) is 0 Å². The number of guanidine groups is 1. The van der Waals surface area contributed by atoms with Crippen molar-refractivity contribution in [2.75, 3.05) is 19.6 Å². The standard InChI is InChI=1S/C14H19ClN4O3S2/c1-2-16-14(18-10-11-4-3-9-22-11)17-7-8-19-24(20,21)13-6-5-12(15)23-13/h3-6,9,19H,2,7-8,10H2,1H3,(H2,16,17,18). The third-order valence-electron chi connectivity index (χ3n) is 2.84. The molecular formula is C14H19ClN4O3S2. The maximum Gasteiger partial charge on any atom is 0.250 e. The predicted molar refractivity (Wildman–Crippen MR) is 96.0 cm³/mol. The van der Waals surface area contributed by atoms with Crippen LogP contribution in [0.1, 0.15) is 12.7 Å². The summed E-state index contributed by atoms with van der Waals surface area (Å²) in [4.78, 5) is 4.36. The van der Waals surface area contributed by atoms with E-state index in [0.717, 1.165) is 17.1 Å². The Balaban J connectivity index is 1.81. The van der Waals surface area contributed by atoms with Gasteiger partial charge < -0.3 is 15.1 Å². The van der Waals surface area contributed by atoms with Crippen LogP contribution in [0.15, 0.2) is 44.1 Å². The van der Waals surface area contributed by atoms with Gasteiger partial charge in [0.1, 0.15) is 16.5 Å². The molecule has 2 heterocycles. The molecule has 0 saturated heterocycles.